The molecule has 0 aromatic heterocycles. The molecule has 1 aliphatic heterocycles. The van der Waals surface area contributed by atoms with Crippen LogP contribution >= 0.6 is 0 Å². The molecule has 118 valence electrons. The van der Waals surface area contributed by atoms with Crippen LogP contribution in [0.25, 0.3) is 0 Å². The first-order valence-corrected chi connectivity index (χ1v) is 7.81. The highest BCUT2D eigenvalue weighted by Gasteiger charge is 2.17. The normalized spacial score (nSPS) is 16.2. The summed E-state index contributed by atoms with van der Waals surface area (Å²) in [5.74, 6) is 2.29. The third-order valence-corrected chi connectivity index (χ3v) is 3.57. The van der Waals surface area contributed by atoms with Crippen LogP contribution in [0.1, 0.15) is 32.3 Å². The van der Waals surface area contributed by atoms with Gasteiger partial charge >= 0.3 is 0 Å². The molecule has 1 saturated heterocycles. The Morgan fingerprint density at radius 3 is 2.67 bits per heavy atom. The van der Waals surface area contributed by atoms with Crippen LogP contribution < -0.4 is 14.8 Å². The molecule has 1 aromatic rings. The molecule has 1 heterocycles. The number of nitrogens with one attached hydrogen (secondary N) is 1. The highest BCUT2D eigenvalue weighted by atomic mass is 16.5. The van der Waals surface area contributed by atoms with Crippen LogP contribution in [0.3, 0.4) is 0 Å². The Bertz CT molecular complexity index is 428. The van der Waals surface area contributed by atoms with E-state index in [1.165, 1.54) is 5.56 Å². The monoisotopic (exact) mass is 293 g/mol. The van der Waals surface area contributed by atoms with Crippen molar-refractivity contribution in [3.05, 3.63) is 23.8 Å². The molecule has 0 aliphatic carbocycles. The molecule has 1 aromatic carbocycles. The minimum absolute atomic E-state index is 0.228. The van der Waals surface area contributed by atoms with Gasteiger partial charge in [0.15, 0.2) is 11.5 Å². The Balaban J connectivity index is 1.99. The second-order valence-electron chi connectivity index (χ2n) is 5.94. The van der Waals surface area contributed by atoms with Gasteiger partial charge in [0, 0.05) is 19.4 Å². The van der Waals surface area contributed by atoms with Crippen LogP contribution in [0, 0.1) is 5.92 Å². The molecule has 0 atom stereocenters. The Kier molecular flexibility index (Phi) is 6.33. The van der Waals surface area contributed by atoms with Crippen molar-refractivity contribution in [3.63, 3.8) is 0 Å². The van der Waals surface area contributed by atoms with Crippen molar-refractivity contribution in [3.8, 4) is 11.5 Å². The van der Waals surface area contributed by atoms with Crippen molar-refractivity contribution in [1.29, 1.82) is 0 Å². The van der Waals surface area contributed by atoms with Crippen LogP contribution in [0.5, 0.6) is 11.5 Å². The molecule has 0 bridgehead atoms. The van der Waals surface area contributed by atoms with E-state index in [2.05, 4.69) is 31.3 Å². The molecule has 0 radical (unpaired) electrons. The summed E-state index contributed by atoms with van der Waals surface area (Å²) in [5.41, 5.74) is 1.22. The molecule has 4 nitrogen and oxygen atoms in total. The van der Waals surface area contributed by atoms with E-state index >= 15 is 0 Å². The summed E-state index contributed by atoms with van der Waals surface area (Å²) in [7, 11) is 1.68. The topological polar surface area (TPSA) is 39.7 Å². The first-order chi connectivity index (χ1) is 10.2. The molecule has 0 amide bonds. The number of rotatable bonds is 7. The molecular formula is C17H27NO3. The highest BCUT2D eigenvalue weighted by molar-refractivity contribution is 5.43. The summed E-state index contributed by atoms with van der Waals surface area (Å²) in [5, 5.41) is 3.45. The summed E-state index contributed by atoms with van der Waals surface area (Å²) in [6.45, 7) is 7.85. The number of benzene rings is 1. The van der Waals surface area contributed by atoms with Crippen LogP contribution in [-0.2, 0) is 11.3 Å². The summed E-state index contributed by atoms with van der Waals surface area (Å²) < 4.78 is 16.9. The van der Waals surface area contributed by atoms with E-state index in [-0.39, 0.29) is 6.10 Å². The van der Waals surface area contributed by atoms with E-state index in [9.17, 15) is 0 Å². The third kappa shape index (κ3) is 5.21. The van der Waals surface area contributed by atoms with Gasteiger partial charge in [-0.1, -0.05) is 19.9 Å². The van der Waals surface area contributed by atoms with Gasteiger partial charge in [0.25, 0.3) is 0 Å². The lowest BCUT2D eigenvalue weighted by atomic mass is 10.1. The Morgan fingerprint density at radius 1 is 1.24 bits per heavy atom. The lowest BCUT2D eigenvalue weighted by Gasteiger charge is -2.24. The molecule has 2 rings (SSSR count). The zero-order valence-corrected chi connectivity index (χ0v) is 13.4. The summed E-state index contributed by atoms with van der Waals surface area (Å²) >= 11 is 0. The molecule has 1 aliphatic rings. The number of hydrogen-bond acceptors (Lipinski definition) is 4. The van der Waals surface area contributed by atoms with Gasteiger partial charge in [-0.25, -0.2) is 0 Å². The number of hydrogen-bond donors (Lipinski definition) is 1. The van der Waals surface area contributed by atoms with Gasteiger partial charge in [-0.3, -0.25) is 0 Å². The summed E-state index contributed by atoms with van der Waals surface area (Å²) in [6, 6.07) is 6.16. The van der Waals surface area contributed by atoms with E-state index in [1.54, 1.807) is 7.11 Å². The smallest absolute Gasteiger partial charge is 0.161 e. The van der Waals surface area contributed by atoms with Crippen molar-refractivity contribution >= 4 is 0 Å². The standard InChI is InChI=1S/C17H27NO3/c1-13(2)11-18-12-14-4-5-16(19-3)17(10-14)21-15-6-8-20-9-7-15/h4-5,10,13,15,18H,6-9,11-12H2,1-3H3. The Labute approximate surface area is 127 Å². The van der Waals surface area contributed by atoms with E-state index in [4.69, 9.17) is 14.2 Å². The summed E-state index contributed by atoms with van der Waals surface area (Å²) in [6.07, 6.45) is 2.12. The maximum Gasteiger partial charge on any atom is 0.161 e. The van der Waals surface area contributed by atoms with Crippen LogP contribution in [0.4, 0.5) is 0 Å². The molecule has 0 spiro atoms. The fraction of sp³-hybridized carbons (Fsp3) is 0.647. The fourth-order valence-electron chi connectivity index (χ4n) is 2.40. The lowest BCUT2D eigenvalue weighted by Crippen LogP contribution is -2.26. The first kappa shape index (κ1) is 16.1. The van der Waals surface area contributed by atoms with E-state index in [0.29, 0.717) is 5.92 Å². The minimum atomic E-state index is 0.228. The Hall–Kier alpha value is -1.26. The third-order valence-electron chi connectivity index (χ3n) is 3.57. The molecule has 0 saturated carbocycles. The SMILES string of the molecule is COc1ccc(CNCC(C)C)cc1OC1CCOCC1. The Morgan fingerprint density at radius 2 is 2.00 bits per heavy atom. The fourth-order valence-corrected chi connectivity index (χ4v) is 2.40. The predicted octanol–water partition coefficient (Wildman–Crippen LogP) is 3.00. The minimum Gasteiger partial charge on any atom is -0.493 e. The van der Waals surface area contributed by atoms with E-state index < -0.39 is 0 Å². The molecular weight excluding hydrogens is 266 g/mol. The molecule has 1 N–H and O–H groups in total. The zero-order valence-electron chi connectivity index (χ0n) is 13.4. The van der Waals surface area contributed by atoms with E-state index in [0.717, 1.165) is 50.6 Å². The number of ether oxygens (including phenoxy) is 3. The second-order valence-corrected chi connectivity index (χ2v) is 5.94. The zero-order chi connectivity index (χ0) is 15.1. The number of methoxy groups -OCH3 is 1. The van der Waals surface area contributed by atoms with Crippen molar-refractivity contribution in [2.24, 2.45) is 5.92 Å². The summed E-state index contributed by atoms with van der Waals surface area (Å²) in [4.78, 5) is 0. The maximum atomic E-state index is 6.11. The average molecular weight is 293 g/mol. The van der Waals surface area contributed by atoms with Crippen LogP contribution in [0.15, 0.2) is 18.2 Å². The van der Waals surface area contributed by atoms with Gasteiger partial charge in [-0.2, -0.15) is 0 Å². The van der Waals surface area contributed by atoms with Crippen LogP contribution in [0.2, 0.25) is 0 Å². The molecule has 1 fully saturated rings. The quantitative estimate of drug-likeness (QED) is 0.839. The molecule has 0 unspecified atom stereocenters. The van der Waals surface area contributed by atoms with E-state index in [1.807, 2.05) is 6.07 Å². The first-order valence-electron chi connectivity index (χ1n) is 7.81. The van der Waals surface area contributed by atoms with Crippen LogP contribution in [-0.4, -0.2) is 33.0 Å². The highest BCUT2D eigenvalue weighted by Crippen LogP contribution is 2.30. The van der Waals surface area contributed by atoms with Gasteiger partial charge in [-0.15, -0.1) is 0 Å². The lowest BCUT2D eigenvalue weighted by molar-refractivity contribution is 0.0245. The average Bonchev–Trinajstić information content (AvgIpc) is 2.48. The molecule has 21 heavy (non-hydrogen) atoms. The van der Waals surface area contributed by atoms with Gasteiger partial charge in [0.05, 0.1) is 20.3 Å². The van der Waals surface area contributed by atoms with Gasteiger partial charge in [0.2, 0.25) is 0 Å². The van der Waals surface area contributed by atoms with Crippen molar-refractivity contribution < 1.29 is 14.2 Å². The van der Waals surface area contributed by atoms with Gasteiger partial charge in [0.1, 0.15) is 6.10 Å². The van der Waals surface area contributed by atoms with Gasteiger partial charge < -0.3 is 19.5 Å². The predicted molar refractivity (Wildman–Crippen MR) is 84.0 cm³/mol. The van der Waals surface area contributed by atoms with Gasteiger partial charge in [-0.05, 0) is 30.2 Å². The second kappa shape index (κ2) is 8.25. The van der Waals surface area contributed by atoms with Crippen molar-refractivity contribution in [1.82, 2.24) is 5.32 Å². The largest absolute Gasteiger partial charge is 0.493 e. The maximum absolute atomic E-state index is 6.11. The molecule has 4 heteroatoms. The van der Waals surface area contributed by atoms with Crippen molar-refractivity contribution in [2.75, 3.05) is 26.9 Å². The van der Waals surface area contributed by atoms with Crippen molar-refractivity contribution in [2.45, 2.75) is 39.3 Å².